The van der Waals surface area contributed by atoms with E-state index in [-0.39, 0.29) is 19.1 Å². The standard InChI is InChI=1S/C12H21N3O3S2/c1-10-13-12(9-19-10)7-14(2)20(17,18)15-5-3-4-11(6-15)8-16/h9,11,16H,3-8H2,1-2H3. The fraction of sp³-hybridized carbons (Fsp3) is 0.750. The van der Waals surface area contributed by atoms with Gasteiger partial charge in [0.25, 0.3) is 10.2 Å². The first-order valence-electron chi connectivity index (χ1n) is 6.66. The highest BCUT2D eigenvalue weighted by atomic mass is 32.2. The number of aliphatic hydroxyl groups is 1. The molecule has 1 aliphatic heterocycles. The monoisotopic (exact) mass is 319 g/mol. The Morgan fingerprint density at radius 3 is 2.95 bits per heavy atom. The Kier molecular flexibility index (Phi) is 5.14. The lowest BCUT2D eigenvalue weighted by Crippen LogP contribution is -2.47. The third kappa shape index (κ3) is 3.56. The largest absolute Gasteiger partial charge is 0.396 e. The molecule has 8 heteroatoms. The average Bonchev–Trinajstić information content (AvgIpc) is 2.84. The molecule has 1 N–H and O–H groups in total. The van der Waals surface area contributed by atoms with Crippen molar-refractivity contribution in [2.45, 2.75) is 26.3 Å². The first-order valence-corrected chi connectivity index (χ1v) is 8.94. The molecule has 0 amide bonds. The lowest BCUT2D eigenvalue weighted by molar-refractivity contribution is 0.161. The van der Waals surface area contributed by atoms with Crippen molar-refractivity contribution in [2.24, 2.45) is 5.92 Å². The maximum absolute atomic E-state index is 12.5. The summed E-state index contributed by atoms with van der Waals surface area (Å²) in [5.41, 5.74) is 0.772. The van der Waals surface area contributed by atoms with Gasteiger partial charge in [0, 0.05) is 32.1 Å². The van der Waals surface area contributed by atoms with E-state index in [4.69, 9.17) is 0 Å². The smallest absolute Gasteiger partial charge is 0.282 e. The molecule has 20 heavy (non-hydrogen) atoms. The predicted octanol–water partition coefficient (Wildman–Crippen LogP) is 0.832. The van der Waals surface area contributed by atoms with Gasteiger partial charge < -0.3 is 5.11 Å². The van der Waals surface area contributed by atoms with Crippen LogP contribution in [-0.4, -0.2) is 53.9 Å². The van der Waals surface area contributed by atoms with Crippen LogP contribution < -0.4 is 0 Å². The Morgan fingerprint density at radius 1 is 1.60 bits per heavy atom. The first kappa shape index (κ1) is 15.8. The van der Waals surface area contributed by atoms with Gasteiger partial charge in [0.05, 0.1) is 17.2 Å². The molecule has 0 aromatic carbocycles. The van der Waals surface area contributed by atoms with Crippen molar-refractivity contribution in [3.05, 3.63) is 16.1 Å². The van der Waals surface area contributed by atoms with Crippen molar-refractivity contribution >= 4 is 21.5 Å². The van der Waals surface area contributed by atoms with Crippen molar-refractivity contribution in [1.29, 1.82) is 0 Å². The fourth-order valence-corrected chi connectivity index (χ4v) is 4.43. The summed E-state index contributed by atoms with van der Waals surface area (Å²) >= 11 is 1.52. The molecule has 1 fully saturated rings. The Morgan fingerprint density at radius 2 is 2.35 bits per heavy atom. The Balaban J connectivity index is 2.05. The van der Waals surface area contributed by atoms with Crippen LogP contribution in [0.1, 0.15) is 23.5 Å². The van der Waals surface area contributed by atoms with Crippen LogP contribution in [-0.2, 0) is 16.8 Å². The summed E-state index contributed by atoms with van der Waals surface area (Å²) in [7, 11) is -1.90. The van der Waals surface area contributed by atoms with Crippen molar-refractivity contribution < 1.29 is 13.5 Å². The molecular weight excluding hydrogens is 298 g/mol. The minimum atomic E-state index is -3.47. The molecule has 2 rings (SSSR count). The van der Waals surface area contributed by atoms with Crippen LogP contribution in [0.2, 0.25) is 0 Å². The summed E-state index contributed by atoms with van der Waals surface area (Å²) in [5.74, 6) is 0.0495. The number of thiazole rings is 1. The molecule has 6 nitrogen and oxygen atoms in total. The van der Waals surface area contributed by atoms with E-state index < -0.39 is 10.2 Å². The Bertz CT molecular complexity index is 544. The number of aliphatic hydroxyl groups excluding tert-OH is 1. The Labute approximate surface area is 124 Å². The van der Waals surface area contributed by atoms with Crippen LogP contribution in [0.15, 0.2) is 5.38 Å². The predicted molar refractivity (Wildman–Crippen MR) is 78.6 cm³/mol. The van der Waals surface area contributed by atoms with Crippen molar-refractivity contribution in [1.82, 2.24) is 13.6 Å². The van der Waals surface area contributed by atoms with Gasteiger partial charge in [0.15, 0.2) is 0 Å². The first-order chi connectivity index (χ1) is 9.43. The van der Waals surface area contributed by atoms with E-state index >= 15 is 0 Å². The van der Waals surface area contributed by atoms with Crippen LogP contribution in [0, 0.1) is 12.8 Å². The molecule has 0 aliphatic carbocycles. The van der Waals surface area contributed by atoms with Gasteiger partial charge in [-0.15, -0.1) is 11.3 Å². The van der Waals surface area contributed by atoms with E-state index in [2.05, 4.69) is 4.98 Å². The summed E-state index contributed by atoms with van der Waals surface area (Å²) in [6.07, 6.45) is 1.69. The second-order valence-corrected chi connectivity index (χ2v) is 8.27. The number of nitrogens with zero attached hydrogens (tertiary/aromatic N) is 3. The maximum atomic E-state index is 12.5. The minimum Gasteiger partial charge on any atom is -0.396 e. The summed E-state index contributed by atoms with van der Waals surface area (Å²) < 4.78 is 27.8. The number of piperidine rings is 1. The third-order valence-electron chi connectivity index (χ3n) is 3.51. The highest BCUT2D eigenvalue weighted by molar-refractivity contribution is 7.86. The number of aryl methyl sites for hydroxylation is 1. The molecule has 0 bridgehead atoms. The fourth-order valence-electron chi connectivity index (χ4n) is 2.37. The van der Waals surface area contributed by atoms with Crippen molar-refractivity contribution in [3.8, 4) is 0 Å². The third-order valence-corrected chi connectivity index (χ3v) is 6.23. The molecule has 2 heterocycles. The van der Waals surface area contributed by atoms with Crippen LogP contribution in [0.3, 0.4) is 0 Å². The summed E-state index contributed by atoms with van der Waals surface area (Å²) in [6, 6.07) is 0. The molecule has 1 atom stereocenters. The molecule has 1 saturated heterocycles. The highest BCUT2D eigenvalue weighted by Gasteiger charge is 2.31. The van der Waals surface area contributed by atoms with Crippen LogP contribution in [0.5, 0.6) is 0 Å². The van der Waals surface area contributed by atoms with Gasteiger partial charge in [-0.25, -0.2) is 4.98 Å². The zero-order chi connectivity index (χ0) is 14.8. The van der Waals surface area contributed by atoms with Crippen LogP contribution >= 0.6 is 11.3 Å². The molecule has 1 unspecified atom stereocenters. The quantitative estimate of drug-likeness (QED) is 0.872. The summed E-state index contributed by atoms with van der Waals surface area (Å²) in [5, 5.41) is 12.0. The van der Waals surface area contributed by atoms with E-state index in [1.165, 1.54) is 19.9 Å². The Hall–Kier alpha value is -0.540. The van der Waals surface area contributed by atoms with Crippen LogP contribution in [0.25, 0.3) is 0 Å². The van der Waals surface area contributed by atoms with Gasteiger partial charge in [-0.2, -0.15) is 17.0 Å². The molecule has 0 radical (unpaired) electrons. The summed E-state index contributed by atoms with van der Waals surface area (Å²) in [4.78, 5) is 4.29. The van der Waals surface area contributed by atoms with E-state index in [0.717, 1.165) is 23.5 Å². The van der Waals surface area contributed by atoms with Gasteiger partial charge in [0.2, 0.25) is 0 Å². The van der Waals surface area contributed by atoms with E-state index in [1.807, 2.05) is 12.3 Å². The second-order valence-electron chi connectivity index (χ2n) is 5.17. The van der Waals surface area contributed by atoms with Crippen LogP contribution in [0.4, 0.5) is 0 Å². The van der Waals surface area contributed by atoms with E-state index in [9.17, 15) is 13.5 Å². The molecule has 0 spiro atoms. The zero-order valence-electron chi connectivity index (χ0n) is 11.8. The number of hydrogen-bond donors (Lipinski definition) is 1. The molecule has 1 aliphatic rings. The highest BCUT2D eigenvalue weighted by Crippen LogP contribution is 2.21. The summed E-state index contributed by atoms with van der Waals surface area (Å²) in [6.45, 7) is 3.16. The van der Waals surface area contributed by atoms with Gasteiger partial charge in [-0.3, -0.25) is 0 Å². The lowest BCUT2D eigenvalue weighted by Gasteiger charge is -2.33. The topological polar surface area (TPSA) is 73.7 Å². The number of aromatic nitrogens is 1. The zero-order valence-corrected chi connectivity index (χ0v) is 13.5. The molecular formula is C12H21N3O3S2. The SMILES string of the molecule is Cc1nc(CN(C)S(=O)(=O)N2CCCC(CO)C2)cs1. The molecule has 1 aromatic rings. The normalized spacial score (nSPS) is 21.5. The lowest BCUT2D eigenvalue weighted by atomic mass is 10.0. The van der Waals surface area contributed by atoms with Gasteiger partial charge in [0.1, 0.15) is 0 Å². The van der Waals surface area contributed by atoms with Gasteiger partial charge in [-0.05, 0) is 25.7 Å². The van der Waals surface area contributed by atoms with E-state index in [0.29, 0.717) is 13.1 Å². The van der Waals surface area contributed by atoms with Crippen molar-refractivity contribution in [3.63, 3.8) is 0 Å². The van der Waals surface area contributed by atoms with Crippen molar-refractivity contribution in [2.75, 3.05) is 26.7 Å². The minimum absolute atomic E-state index is 0.0427. The second kappa shape index (κ2) is 6.48. The average molecular weight is 319 g/mol. The number of rotatable bonds is 5. The van der Waals surface area contributed by atoms with Gasteiger partial charge >= 0.3 is 0 Å². The van der Waals surface area contributed by atoms with Gasteiger partial charge in [-0.1, -0.05) is 0 Å². The molecule has 114 valence electrons. The van der Waals surface area contributed by atoms with E-state index in [1.54, 1.807) is 7.05 Å². The number of hydrogen-bond acceptors (Lipinski definition) is 5. The molecule has 1 aromatic heterocycles. The maximum Gasteiger partial charge on any atom is 0.282 e. The molecule has 0 saturated carbocycles.